The second kappa shape index (κ2) is 9.23. The van der Waals surface area contributed by atoms with Crippen molar-refractivity contribution < 1.29 is 4.39 Å². The summed E-state index contributed by atoms with van der Waals surface area (Å²) in [5.74, 6) is 0.322. The minimum Gasteiger partial charge on any atom is -0.296 e. The van der Waals surface area contributed by atoms with Gasteiger partial charge in [-0.05, 0) is 83.8 Å². The molecule has 2 aromatic heterocycles. The average molecular weight is 465 g/mol. The molecule has 176 valence electrons. The van der Waals surface area contributed by atoms with Gasteiger partial charge < -0.3 is 0 Å². The van der Waals surface area contributed by atoms with Gasteiger partial charge in [-0.3, -0.25) is 15.0 Å². The molecule has 5 heteroatoms. The van der Waals surface area contributed by atoms with Crippen LogP contribution in [0.3, 0.4) is 0 Å². The van der Waals surface area contributed by atoms with Crippen LogP contribution in [-0.2, 0) is 6.42 Å². The van der Waals surface area contributed by atoms with Crippen molar-refractivity contribution in [2.24, 2.45) is 0 Å². The van der Waals surface area contributed by atoms with Crippen LogP contribution in [0.15, 0.2) is 79.1 Å². The van der Waals surface area contributed by atoms with Gasteiger partial charge in [-0.2, -0.15) is 5.10 Å². The van der Waals surface area contributed by atoms with Gasteiger partial charge >= 0.3 is 0 Å². The largest absolute Gasteiger partial charge is 0.296 e. The van der Waals surface area contributed by atoms with E-state index in [0.717, 1.165) is 60.4 Å². The van der Waals surface area contributed by atoms with E-state index in [2.05, 4.69) is 52.2 Å². The number of nitrogens with one attached hydrogen (secondary N) is 1. The van der Waals surface area contributed by atoms with Crippen LogP contribution in [0, 0.1) is 5.82 Å². The number of benzene rings is 2. The zero-order valence-electron chi connectivity index (χ0n) is 19.9. The van der Waals surface area contributed by atoms with Crippen molar-refractivity contribution in [3.8, 4) is 22.4 Å². The number of H-pyrrole nitrogens is 1. The van der Waals surface area contributed by atoms with Crippen LogP contribution in [-0.4, -0.2) is 39.2 Å². The molecule has 2 atom stereocenters. The van der Waals surface area contributed by atoms with Crippen LogP contribution in [0.4, 0.5) is 4.39 Å². The highest BCUT2D eigenvalue weighted by Crippen LogP contribution is 2.41. The first-order chi connectivity index (χ1) is 17.2. The fourth-order valence-corrected chi connectivity index (χ4v) is 5.61. The van der Waals surface area contributed by atoms with Gasteiger partial charge in [0.15, 0.2) is 0 Å². The standard InChI is InChI=1S/C30H29FN4/c1-2-20-3-5-21(6-4-20)25-18-27-17-24(13-16-35(27)19-25)30-28(22-11-14-32-15-12-22)29(33-34-30)23-7-9-26(31)10-8-23/h3-12,14-15,17,25,27H,2,13,16,18-19H2,1H3,(H,33,34)/t25-,27-/m1/s1. The normalized spacial score (nSPS) is 20.0. The summed E-state index contributed by atoms with van der Waals surface area (Å²) >= 11 is 0. The monoisotopic (exact) mass is 464 g/mol. The van der Waals surface area contributed by atoms with Crippen LogP contribution >= 0.6 is 0 Å². The van der Waals surface area contributed by atoms with E-state index in [1.807, 2.05) is 24.5 Å². The van der Waals surface area contributed by atoms with E-state index in [1.165, 1.54) is 28.8 Å². The molecule has 6 rings (SSSR count). The second-order valence-electron chi connectivity index (χ2n) is 9.60. The van der Waals surface area contributed by atoms with Gasteiger partial charge in [0.1, 0.15) is 11.5 Å². The Bertz CT molecular complexity index is 1340. The minimum absolute atomic E-state index is 0.245. The van der Waals surface area contributed by atoms with Crippen molar-refractivity contribution in [1.82, 2.24) is 20.1 Å². The number of aromatic amines is 1. The highest BCUT2D eigenvalue weighted by molar-refractivity contribution is 5.89. The maximum Gasteiger partial charge on any atom is 0.123 e. The van der Waals surface area contributed by atoms with Crippen molar-refractivity contribution in [3.05, 3.63) is 102 Å². The first kappa shape index (κ1) is 21.9. The van der Waals surface area contributed by atoms with E-state index in [0.29, 0.717) is 12.0 Å². The van der Waals surface area contributed by atoms with Gasteiger partial charge in [0.25, 0.3) is 0 Å². The Labute approximate surface area is 205 Å². The molecule has 2 aliphatic rings. The zero-order chi connectivity index (χ0) is 23.8. The summed E-state index contributed by atoms with van der Waals surface area (Å²) in [6, 6.07) is 20.2. The highest BCUT2D eigenvalue weighted by Gasteiger charge is 2.35. The van der Waals surface area contributed by atoms with E-state index >= 15 is 0 Å². The first-order valence-corrected chi connectivity index (χ1v) is 12.5. The van der Waals surface area contributed by atoms with Crippen molar-refractivity contribution in [2.75, 3.05) is 13.1 Å². The maximum absolute atomic E-state index is 13.6. The van der Waals surface area contributed by atoms with E-state index in [9.17, 15) is 4.39 Å². The van der Waals surface area contributed by atoms with E-state index in [4.69, 9.17) is 5.10 Å². The molecule has 0 spiro atoms. The third kappa shape index (κ3) is 4.21. The fourth-order valence-electron chi connectivity index (χ4n) is 5.61. The van der Waals surface area contributed by atoms with Crippen molar-refractivity contribution in [3.63, 3.8) is 0 Å². The summed E-state index contributed by atoms with van der Waals surface area (Å²) in [6.07, 6.45) is 9.25. The highest BCUT2D eigenvalue weighted by atomic mass is 19.1. The number of aryl methyl sites for hydroxylation is 1. The molecule has 35 heavy (non-hydrogen) atoms. The van der Waals surface area contributed by atoms with Gasteiger partial charge in [-0.1, -0.05) is 37.3 Å². The third-order valence-electron chi connectivity index (χ3n) is 7.55. The molecule has 1 N–H and O–H groups in total. The molecule has 0 aliphatic carbocycles. The number of fused-ring (bicyclic) bond motifs is 1. The summed E-state index contributed by atoms with van der Waals surface area (Å²) in [4.78, 5) is 6.82. The fraction of sp³-hybridized carbons (Fsp3) is 0.267. The van der Waals surface area contributed by atoms with E-state index in [1.54, 1.807) is 12.1 Å². The second-order valence-corrected chi connectivity index (χ2v) is 9.60. The lowest BCUT2D eigenvalue weighted by atomic mass is 9.91. The average Bonchev–Trinajstić information content (AvgIpc) is 3.54. The maximum atomic E-state index is 13.6. The molecule has 1 saturated heterocycles. The van der Waals surface area contributed by atoms with Gasteiger partial charge in [-0.25, -0.2) is 4.39 Å². The summed E-state index contributed by atoms with van der Waals surface area (Å²) in [5, 5.41) is 8.05. The number of halogens is 1. The lowest BCUT2D eigenvalue weighted by molar-refractivity contribution is 0.285. The lowest BCUT2D eigenvalue weighted by Gasteiger charge is -2.28. The molecular weight excluding hydrogens is 435 g/mol. The lowest BCUT2D eigenvalue weighted by Crippen LogP contribution is -2.32. The molecule has 0 saturated carbocycles. The van der Waals surface area contributed by atoms with Gasteiger partial charge in [0.05, 0.1) is 5.69 Å². The Morgan fingerprint density at radius 2 is 1.74 bits per heavy atom. The Hall–Kier alpha value is -3.57. The number of nitrogens with zero attached hydrogens (tertiary/aromatic N) is 3. The Kier molecular flexibility index (Phi) is 5.78. The van der Waals surface area contributed by atoms with E-state index in [-0.39, 0.29) is 5.82 Å². The molecule has 0 unspecified atom stereocenters. The molecule has 1 fully saturated rings. The molecule has 2 aliphatic heterocycles. The van der Waals surface area contributed by atoms with Crippen molar-refractivity contribution in [2.45, 2.75) is 38.1 Å². The van der Waals surface area contributed by atoms with Crippen LogP contribution in [0.5, 0.6) is 0 Å². The van der Waals surface area contributed by atoms with Crippen LogP contribution in [0.25, 0.3) is 28.0 Å². The van der Waals surface area contributed by atoms with Crippen LogP contribution in [0.2, 0.25) is 0 Å². The number of hydrogen-bond donors (Lipinski definition) is 1. The summed E-state index contributed by atoms with van der Waals surface area (Å²) in [6.45, 7) is 4.36. The van der Waals surface area contributed by atoms with E-state index < -0.39 is 0 Å². The van der Waals surface area contributed by atoms with Crippen LogP contribution < -0.4 is 0 Å². The number of pyridine rings is 1. The van der Waals surface area contributed by atoms with Gasteiger partial charge in [0, 0.05) is 42.7 Å². The van der Waals surface area contributed by atoms with Gasteiger partial charge in [-0.15, -0.1) is 0 Å². The number of aromatic nitrogens is 3. The Balaban J connectivity index is 1.34. The SMILES string of the molecule is CCc1ccc([C@@H]2C[C@H]3C=C(c4[nH]nc(-c5ccc(F)cc5)c4-c4ccncc4)CCN3C2)cc1. The molecule has 2 aromatic carbocycles. The summed E-state index contributed by atoms with van der Waals surface area (Å²) < 4.78 is 13.6. The Morgan fingerprint density at radius 3 is 2.49 bits per heavy atom. The predicted octanol–water partition coefficient (Wildman–Crippen LogP) is 6.49. The minimum atomic E-state index is -0.245. The third-order valence-corrected chi connectivity index (χ3v) is 7.55. The number of hydrogen-bond acceptors (Lipinski definition) is 3. The summed E-state index contributed by atoms with van der Waals surface area (Å²) in [7, 11) is 0. The van der Waals surface area contributed by atoms with Gasteiger partial charge in [0.2, 0.25) is 0 Å². The zero-order valence-corrected chi connectivity index (χ0v) is 19.9. The molecule has 4 aromatic rings. The molecule has 0 bridgehead atoms. The quantitative estimate of drug-likeness (QED) is 0.367. The predicted molar refractivity (Wildman–Crippen MR) is 138 cm³/mol. The first-order valence-electron chi connectivity index (χ1n) is 12.5. The molecular formula is C30H29FN4. The molecule has 0 amide bonds. The molecule has 4 heterocycles. The topological polar surface area (TPSA) is 44.8 Å². The number of rotatable bonds is 5. The summed E-state index contributed by atoms with van der Waals surface area (Å²) in [5.41, 5.74) is 9.07. The molecule has 4 nitrogen and oxygen atoms in total. The van der Waals surface area contributed by atoms with Crippen molar-refractivity contribution >= 4 is 5.57 Å². The Morgan fingerprint density at radius 1 is 0.971 bits per heavy atom. The van der Waals surface area contributed by atoms with Crippen LogP contribution in [0.1, 0.15) is 42.5 Å². The van der Waals surface area contributed by atoms with Crippen molar-refractivity contribution in [1.29, 1.82) is 0 Å². The molecule has 0 radical (unpaired) electrons. The smallest absolute Gasteiger partial charge is 0.123 e.